The maximum atomic E-state index is 14.0. The van der Waals surface area contributed by atoms with E-state index in [2.05, 4.69) is 25.3 Å². The molecule has 1 N–H and O–H groups in total. The summed E-state index contributed by atoms with van der Waals surface area (Å²) in [4.78, 5) is 36.4. The molecule has 0 radical (unpaired) electrons. The molecule has 5 heterocycles. The first-order chi connectivity index (χ1) is 18.6. The predicted octanol–water partition coefficient (Wildman–Crippen LogP) is 4.52. The number of hydrogen-bond donors (Lipinski definition) is 1. The van der Waals surface area contributed by atoms with Gasteiger partial charge in [0.2, 0.25) is 5.95 Å². The van der Waals surface area contributed by atoms with Gasteiger partial charge in [0.1, 0.15) is 5.65 Å². The van der Waals surface area contributed by atoms with Crippen molar-refractivity contribution in [3.8, 4) is 22.4 Å². The summed E-state index contributed by atoms with van der Waals surface area (Å²) < 4.78 is 7.08. The quantitative estimate of drug-likeness (QED) is 0.345. The zero-order valence-corrected chi connectivity index (χ0v) is 21.4. The van der Waals surface area contributed by atoms with Gasteiger partial charge in [-0.25, -0.2) is 4.98 Å². The van der Waals surface area contributed by atoms with Gasteiger partial charge < -0.3 is 10.1 Å². The summed E-state index contributed by atoms with van der Waals surface area (Å²) in [5.74, 6) is 0.455. The number of rotatable bonds is 6. The number of ether oxygens (including phenoxy) is 1. The molecule has 1 aliphatic rings. The van der Waals surface area contributed by atoms with Crippen molar-refractivity contribution in [2.75, 3.05) is 18.5 Å². The molecule has 1 aromatic carbocycles. The SMILES string of the molecule is Cc1nccnc1-c1ccc(-c2cc3cnc(N[C@@H]4CCOC4)nc3n(Cc3ccccn3)c2=O)c(Cl)c1. The lowest BCUT2D eigenvalue weighted by Gasteiger charge is -2.15. The fourth-order valence-electron chi connectivity index (χ4n) is 4.62. The van der Waals surface area contributed by atoms with E-state index >= 15 is 0 Å². The third-order valence-electron chi connectivity index (χ3n) is 6.55. The molecule has 0 bridgehead atoms. The summed E-state index contributed by atoms with van der Waals surface area (Å²) in [5.41, 5.74) is 4.47. The Kier molecular flexibility index (Phi) is 6.53. The van der Waals surface area contributed by atoms with Gasteiger partial charge in [0.15, 0.2) is 0 Å². The molecular weight excluding hydrogens is 502 g/mol. The molecule has 4 aromatic heterocycles. The van der Waals surface area contributed by atoms with Crippen LogP contribution >= 0.6 is 11.6 Å². The van der Waals surface area contributed by atoms with E-state index < -0.39 is 0 Å². The van der Waals surface area contributed by atoms with Crippen LogP contribution in [-0.2, 0) is 11.3 Å². The Morgan fingerprint density at radius 1 is 1.05 bits per heavy atom. The van der Waals surface area contributed by atoms with Gasteiger partial charge in [0.05, 0.1) is 36.3 Å². The number of aromatic nitrogens is 6. The fourth-order valence-corrected chi connectivity index (χ4v) is 4.91. The molecule has 0 amide bonds. The van der Waals surface area contributed by atoms with Crippen molar-refractivity contribution in [3.05, 3.63) is 94.0 Å². The molecule has 10 heteroatoms. The monoisotopic (exact) mass is 525 g/mol. The third kappa shape index (κ3) is 4.73. The van der Waals surface area contributed by atoms with Crippen LogP contribution in [-0.4, -0.2) is 48.7 Å². The number of fused-ring (bicyclic) bond motifs is 1. The summed E-state index contributed by atoms with van der Waals surface area (Å²) in [5, 5.41) is 4.47. The minimum atomic E-state index is -0.220. The van der Waals surface area contributed by atoms with Crippen molar-refractivity contribution < 1.29 is 4.74 Å². The Bertz CT molecular complexity index is 1680. The Balaban J connectivity index is 1.47. The highest BCUT2D eigenvalue weighted by atomic mass is 35.5. The second-order valence-corrected chi connectivity index (χ2v) is 9.54. The molecule has 1 fully saturated rings. The van der Waals surface area contributed by atoms with E-state index in [4.69, 9.17) is 21.3 Å². The highest BCUT2D eigenvalue weighted by molar-refractivity contribution is 6.33. The van der Waals surface area contributed by atoms with E-state index in [1.165, 1.54) is 0 Å². The molecule has 190 valence electrons. The van der Waals surface area contributed by atoms with Crippen molar-refractivity contribution in [1.82, 2.24) is 29.5 Å². The van der Waals surface area contributed by atoms with Gasteiger partial charge in [-0.05, 0) is 37.6 Å². The third-order valence-corrected chi connectivity index (χ3v) is 6.86. The van der Waals surface area contributed by atoms with Crippen molar-refractivity contribution in [1.29, 1.82) is 0 Å². The molecule has 1 aliphatic heterocycles. The minimum Gasteiger partial charge on any atom is -0.379 e. The summed E-state index contributed by atoms with van der Waals surface area (Å²) in [6, 6.07) is 13.1. The predicted molar refractivity (Wildman–Crippen MR) is 146 cm³/mol. The summed E-state index contributed by atoms with van der Waals surface area (Å²) >= 11 is 6.76. The van der Waals surface area contributed by atoms with Crippen LogP contribution in [0.2, 0.25) is 5.02 Å². The number of anilines is 1. The first-order valence-electron chi connectivity index (χ1n) is 12.3. The first kappa shape index (κ1) is 24.1. The average Bonchev–Trinajstić information content (AvgIpc) is 3.44. The molecule has 0 spiro atoms. The summed E-state index contributed by atoms with van der Waals surface area (Å²) in [6.07, 6.45) is 7.61. The largest absolute Gasteiger partial charge is 0.379 e. The Morgan fingerprint density at radius 2 is 1.95 bits per heavy atom. The highest BCUT2D eigenvalue weighted by Gasteiger charge is 2.19. The zero-order valence-electron chi connectivity index (χ0n) is 20.6. The van der Waals surface area contributed by atoms with Crippen LogP contribution in [0.4, 0.5) is 5.95 Å². The molecule has 1 atom stereocenters. The molecule has 6 rings (SSSR count). The molecular formula is C28H24ClN7O2. The molecule has 9 nitrogen and oxygen atoms in total. The normalized spacial score (nSPS) is 15.2. The number of benzene rings is 1. The van der Waals surface area contributed by atoms with Crippen molar-refractivity contribution >= 4 is 28.6 Å². The molecule has 5 aromatic rings. The number of aryl methyl sites for hydroxylation is 1. The van der Waals surface area contributed by atoms with Gasteiger partial charge in [-0.3, -0.25) is 24.3 Å². The van der Waals surface area contributed by atoms with Crippen LogP contribution in [0.25, 0.3) is 33.4 Å². The Hall–Kier alpha value is -4.21. The van der Waals surface area contributed by atoms with E-state index in [9.17, 15) is 4.79 Å². The van der Waals surface area contributed by atoms with E-state index in [1.54, 1.807) is 35.4 Å². The molecule has 0 aliphatic carbocycles. The maximum absolute atomic E-state index is 14.0. The minimum absolute atomic E-state index is 0.137. The topological polar surface area (TPSA) is 108 Å². The number of pyridine rings is 2. The van der Waals surface area contributed by atoms with Crippen LogP contribution in [0.5, 0.6) is 0 Å². The van der Waals surface area contributed by atoms with Crippen LogP contribution in [0.3, 0.4) is 0 Å². The van der Waals surface area contributed by atoms with Gasteiger partial charge in [-0.1, -0.05) is 29.8 Å². The molecule has 0 saturated carbocycles. The molecule has 38 heavy (non-hydrogen) atoms. The number of nitrogens with zero attached hydrogens (tertiary/aromatic N) is 6. The first-order valence-corrected chi connectivity index (χ1v) is 12.7. The van der Waals surface area contributed by atoms with Crippen LogP contribution in [0, 0.1) is 6.92 Å². The fraction of sp³-hybridized carbons (Fsp3) is 0.214. The van der Waals surface area contributed by atoms with E-state index in [0.29, 0.717) is 46.3 Å². The van der Waals surface area contributed by atoms with Crippen molar-refractivity contribution in [2.24, 2.45) is 0 Å². The van der Waals surface area contributed by atoms with Crippen LogP contribution < -0.4 is 10.9 Å². The smallest absolute Gasteiger partial charge is 0.260 e. The van der Waals surface area contributed by atoms with E-state index in [-0.39, 0.29) is 18.1 Å². The van der Waals surface area contributed by atoms with Gasteiger partial charge >= 0.3 is 0 Å². The molecule has 0 unspecified atom stereocenters. The zero-order chi connectivity index (χ0) is 26.1. The van der Waals surface area contributed by atoms with E-state index in [1.807, 2.05) is 43.3 Å². The van der Waals surface area contributed by atoms with Crippen molar-refractivity contribution in [3.63, 3.8) is 0 Å². The number of hydrogen-bond acceptors (Lipinski definition) is 8. The lowest BCUT2D eigenvalue weighted by atomic mass is 10.0. The second kappa shape index (κ2) is 10.3. The highest BCUT2D eigenvalue weighted by Crippen LogP contribution is 2.32. The standard InChI is InChI=1S/C28H24ClN7O2/c1-17-25(32-10-9-30-17)18-5-6-22(24(29)13-18)23-12-19-14-33-28(34-21-7-11-38-16-21)35-26(19)36(27(23)37)15-20-4-2-3-8-31-20/h2-6,8-10,12-14,21H,7,11,15-16H2,1H3,(H,33,34,35)/t21-/m1/s1. The average molecular weight is 526 g/mol. The van der Waals surface area contributed by atoms with E-state index in [0.717, 1.165) is 29.1 Å². The van der Waals surface area contributed by atoms with Gasteiger partial charge in [-0.15, -0.1) is 0 Å². The maximum Gasteiger partial charge on any atom is 0.260 e. The number of halogens is 1. The number of nitrogens with one attached hydrogen (secondary N) is 1. The van der Waals surface area contributed by atoms with Gasteiger partial charge in [0, 0.05) is 58.5 Å². The Morgan fingerprint density at radius 3 is 2.71 bits per heavy atom. The van der Waals surface area contributed by atoms with Gasteiger partial charge in [0.25, 0.3) is 5.56 Å². The second-order valence-electron chi connectivity index (χ2n) is 9.13. The van der Waals surface area contributed by atoms with Crippen LogP contribution in [0.15, 0.2) is 72.0 Å². The van der Waals surface area contributed by atoms with Gasteiger partial charge in [-0.2, -0.15) is 4.98 Å². The lowest BCUT2D eigenvalue weighted by molar-refractivity contribution is 0.195. The lowest BCUT2D eigenvalue weighted by Crippen LogP contribution is -2.25. The Labute approximate surface area is 223 Å². The van der Waals surface area contributed by atoms with Crippen LogP contribution in [0.1, 0.15) is 17.8 Å². The summed E-state index contributed by atoms with van der Waals surface area (Å²) in [7, 11) is 0. The molecule has 1 saturated heterocycles. The summed E-state index contributed by atoms with van der Waals surface area (Å²) in [6.45, 7) is 3.45. The van der Waals surface area contributed by atoms with Crippen molar-refractivity contribution in [2.45, 2.75) is 25.9 Å².